The molecule has 6 heteroatoms. The highest BCUT2D eigenvalue weighted by molar-refractivity contribution is 8.00. The smallest absolute Gasteiger partial charge is 0.275 e. The van der Waals surface area contributed by atoms with Gasteiger partial charge in [0.1, 0.15) is 5.69 Å². The minimum atomic E-state index is -0.166. The summed E-state index contributed by atoms with van der Waals surface area (Å²) in [6.45, 7) is 0.550. The maximum Gasteiger partial charge on any atom is 0.275 e. The maximum atomic E-state index is 12.2. The summed E-state index contributed by atoms with van der Waals surface area (Å²) in [4.78, 5) is 17.8. The number of amides is 1. The summed E-state index contributed by atoms with van der Waals surface area (Å²) in [6, 6.07) is 8.09. The van der Waals surface area contributed by atoms with Crippen LogP contribution in [0.4, 0.5) is 5.69 Å². The normalized spacial score (nSPS) is 15.0. The number of nitrogens with two attached hydrogens (primary N) is 1. The van der Waals surface area contributed by atoms with Crippen molar-refractivity contribution in [3.05, 3.63) is 40.3 Å². The van der Waals surface area contributed by atoms with Crippen molar-refractivity contribution in [1.29, 1.82) is 0 Å². The van der Waals surface area contributed by atoms with Crippen LogP contribution in [0.2, 0.25) is 0 Å². The Labute approximate surface area is 144 Å². The third-order valence-corrected chi connectivity index (χ3v) is 6.12. The van der Waals surface area contributed by atoms with Crippen molar-refractivity contribution in [2.24, 2.45) is 5.73 Å². The van der Waals surface area contributed by atoms with Gasteiger partial charge in [-0.25, -0.2) is 4.98 Å². The molecule has 2 aromatic rings. The van der Waals surface area contributed by atoms with Gasteiger partial charge in [0.05, 0.1) is 5.01 Å². The molecular weight excluding hydrogens is 326 g/mol. The lowest BCUT2D eigenvalue weighted by molar-refractivity contribution is 0.102. The van der Waals surface area contributed by atoms with Gasteiger partial charge in [-0.15, -0.1) is 23.1 Å². The second kappa shape index (κ2) is 7.95. The molecule has 1 aromatic heterocycles. The van der Waals surface area contributed by atoms with E-state index in [0.717, 1.165) is 15.9 Å². The van der Waals surface area contributed by atoms with E-state index >= 15 is 0 Å². The predicted octanol–water partition coefficient (Wildman–Crippen LogP) is 3.93. The van der Waals surface area contributed by atoms with Gasteiger partial charge < -0.3 is 11.1 Å². The first-order valence-electron chi connectivity index (χ1n) is 7.97. The maximum absolute atomic E-state index is 12.2. The van der Waals surface area contributed by atoms with Crippen molar-refractivity contribution in [3.8, 4) is 0 Å². The topological polar surface area (TPSA) is 68.0 Å². The van der Waals surface area contributed by atoms with E-state index in [9.17, 15) is 4.79 Å². The second-order valence-electron chi connectivity index (χ2n) is 5.67. The molecule has 1 aliphatic carbocycles. The van der Waals surface area contributed by atoms with Gasteiger partial charge in [0, 0.05) is 27.6 Å². The first kappa shape index (κ1) is 16.5. The highest BCUT2D eigenvalue weighted by Crippen LogP contribution is 2.34. The summed E-state index contributed by atoms with van der Waals surface area (Å²) in [5.74, 6) is -0.166. The van der Waals surface area contributed by atoms with Crippen LogP contribution in [0, 0.1) is 0 Å². The average molecular weight is 348 g/mol. The minimum Gasteiger partial charge on any atom is -0.330 e. The SMILES string of the molecule is NCCc1nc(C(=O)Nc2ccc(SC3CCCC3)cc2)cs1. The molecule has 0 atom stereocenters. The van der Waals surface area contributed by atoms with Crippen LogP contribution in [-0.2, 0) is 6.42 Å². The van der Waals surface area contributed by atoms with Gasteiger partial charge in [-0.1, -0.05) is 12.8 Å². The number of anilines is 1. The summed E-state index contributed by atoms with van der Waals surface area (Å²) in [5.41, 5.74) is 6.77. The highest BCUT2D eigenvalue weighted by atomic mass is 32.2. The molecule has 0 radical (unpaired) electrons. The second-order valence-corrected chi connectivity index (χ2v) is 7.98. The van der Waals surface area contributed by atoms with Gasteiger partial charge in [-0.3, -0.25) is 4.79 Å². The summed E-state index contributed by atoms with van der Waals surface area (Å²) in [5, 5.41) is 6.34. The third-order valence-electron chi connectivity index (χ3n) is 3.86. The lowest BCUT2D eigenvalue weighted by Crippen LogP contribution is -2.12. The molecule has 0 spiro atoms. The number of nitrogens with one attached hydrogen (secondary N) is 1. The molecule has 1 fully saturated rings. The fourth-order valence-electron chi connectivity index (χ4n) is 2.66. The number of carbonyl (C=O) groups excluding carboxylic acids is 1. The van der Waals surface area contributed by atoms with Crippen LogP contribution in [0.1, 0.15) is 41.2 Å². The van der Waals surface area contributed by atoms with Gasteiger partial charge in [0.15, 0.2) is 0 Å². The van der Waals surface area contributed by atoms with E-state index in [0.29, 0.717) is 18.7 Å². The Morgan fingerprint density at radius 1 is 1.30 bits per heavy atom. The molecule has 3 N–H and O–H groups in total. The van der Waals surface area contributed by atoms with Crippen LogP contribution < -0.4 is 11.1 Å². The Morgan fingerprint density at radius 2 is 2.04 bits per heavy atom. The van der Waals surface area contributed by atoms with E-state index in [-0.39, 0.29) is 5.91 Å². The van der Waals surface area contributed by atoms with Crippen LogP contribution in [0.5, 0.6) is 0 Å². The van der Waals surface area contributed by atoms with Crippen molar-refractivity contribution < 1.29 is 4.79 Å². The zero-order valence-corrected chi connectivity index (χ0v) is 14.6. The number of hydrogen-bond donors (Lipinski definition) is 2. The number of benzene rings is 1. The van der Waals surface area contributed by atoms with Crippen LogP contribution in [0.3, 0.4) is 0 Å². The van der Waals surface area contributed by atoms with Gasteiger partial charge in [0.25, 0.3) is 5.91 Å². The summed E-state index contributed by atoms with van der Waals surface area (Å²) in [6.07, 6.45) is 6.05. The molecule has 1 aliphatic rings. The standard InChI is InChI=1S/C17H21N3OS2/c18-10-9-16-20-15(11-22-16)17(21)19-12-5-7-14(8-6-12)23-13-3-1-2-4-13/h5-8,11,13H,1-4,9-10,18H2,(H,19,21). The number of hydrogen-bond acceptors (Lipinski definition) is 5. The number of thioether (sulfide) groups is 1. The van der Waals surface area contributed by atoms with Crippen LogP contribution in [-0.4, -0.2) is 22.7 Å². The molecule has 1 heterocycles. The van der Waals surface area contributed by atoms with Crippen LogP contribution >= 0.6 is 23.1 Å². The Balaban J connectivity index is 1.57. The number of aromatic nitrogens is 1. The van der Waals surface area contributed by atoms with E-state index in [4.69, 9.17) is 5.73 Å². The van der Waals surface area contributed by atoms with E-state index < -0.39 is 0 Å². The summed E-state index contributed by atoms with van der Waals surface area (Å²) >= 11 is 3.43. The Hall–Kier alpha value is -1.37. The first-order valence-corrected chi connectivity index (χ1v) is 9.73. The molecule has 122 valence electrons. The van der Waals surface area contributed by atoms with E-state index in [1.807, 2.05) is 23.9 Å². The van der Waals surface area contributed by atoms with E-state index in [1.54, 1.807) is 5.38 Å². The molecule has 1 aromatic carbocycles. The molecule has 1 amide bonds. The fourth-order valence-corrected chi connectivity index (χ4v) is 4.71. The Bertz CT molecular complexity index is 648. The molecule has 4 nitrogen and oxygen atoms in total. The summed E-state index contributed by atoms with van der Waals surface area (Å²) < 4.78 is 0. The molecule has 0 aliphatic heterocycles. The molecule has 23 heavy (non-hydrogen) atoms. The number of carbonyl (C=O) groups is 1. The fraction of sp³-hybridized carbons (Fsp3) is 0.412. The molecule has 1 saturated carbocycles. The van der Waals surface area contributed by atoms with Crippen molar-refractivity contribution in [2.75, 3.05) is 11.9 Å². The Kier molecular flexibility index (Phi) is 5.70. The number of nitrogens with zero attached hydrogens (tertiary/aromatic N) is 1. The third kappa shape index (κ3) is 4.56. The number of rotatable bonds is 6. The first-order chi connectivity index (χ1) is 11.2. The van der Waals surface area contributed by atoms with Gasteiger partial charge >= 0.3 is 0 Å². The monoisotopic (exact) mass is 347 g/mol. The van der Waals surface area contributed by atoms with Crippen molar-refractivity contribution >= 4 is 34.7 Å². The van der Waals surface area contributed by atoms with E-state index in [1.165, 1.54) is 41.9 Å². The van der Waals surface area contributed by atoms with Crippen molar-refractivity contribution in [1.82, 2.24) is 4.98 Å². The van der Waals surface area contributed by atoms with Crippen LogP contribution in [0.15, 0.2) is 34.5 Å². The van der Waals surface area contributed by atoms with Gasteiger partial charge in [-0.2, -0.15) is 0 Å². The quantitative estimate of drug-likeness (QED) is 0.831. The minimum absolute atomic E-state index is 0.166. The van der Waals surface area contributed by atoms with Crippen LogP contribution in [0.25, 0.3) is 0 Å². The predicted molar refractivity (Wildman–Crippen MR) is 97.4 cm³/mol. The largest absolute Gasteiger partial charge is 0.330 e. The molecule has 0 saturated heterocycles. The lowest BCUT2D eigenvalue weighted by Gasteiger charge is -2.09. The average Bonchev–Trinajstić information content (AvgIpc) is 3.21. The number of thiazole rings is 1. The zero-order valence-electron chi connectivity index (χ0n) is 13.0. The molecule has 0 bridgehead atoms. The lowest BCUT2D eigenvalue weighted by atomic mass is 10.3. The molecule has 0 unspecified atom stereocenters. The molecule has 3 rings (SSSR count). The van der Waals surface area contributed by atoms with Gasteiger partial charge in [-0.05, 0) is 43.7 Å². The van der Waals surface area contributed by atoms with Crippen molar-refractivity contribution in [2.45, 2.75) is 42.2 Å². The van der Waals surface area contributed by atoms with Gasteiger partial charge in [0.2, 0.25) is 0 Å². The highest BCUT2D eigenvalue weighted by Gasteiger charge is 2.16. The van der Waals surface area contributed by atoms with E-state index in [2.05, 4.69) is 22.4 Å². The zero-order chi connectivity index (χ0) is 16.1. The Morgan fingerprint density at radius 3 is 2.74 bits per heavy atom. The molecular formula is C17H21N3OS2. The van der Waals surface area contributed by atoms with Crippen molar-refractivity contribution in [3.63, 3.8) is 0 Å². The summed E-state index contributed by atoms with van der Waals surface area (Å²) in [7, 11) is 0.